The maximum absolute atomic E-state index is 13.0. The van der Waals surface area contributed by atoms with Gasteiger partial charge in [0, 0.05) is 11.8 Å². The Hall–Kier alpha value is -1.75. The molecule has 3 nitrogen and oxygen atoms in total. The van der Waals surface area contributed by atoms with Crippen molar-refractivity contribution in [2.45, 2.75) is 12.8 Å². The molecule has 1 N–H and O–H groups in total. The van der Waals surface area contributed by atoms with Gasteiger partial charge in [0.15, 0.2) is 0 Å². The highest BCUT2D eigenvalue weighted by atomic mass is 32.1. The van der Waals surface area contributed by atoms with Crippen LogP contribution in [0.3, 0.4) is 0 Å². The van der Waals surface area contributed by atoms with E-state index in [-0.39, 0.29) is 5.82 Å². The first-order chi connectivity index (χ1) is 8.65. The summed E-state index contributed by atoms with van der Waals surface area (Å²) in [4.78, 5) is 15.3. The van der Waals surface area contributed by atoms with E-state index in [1.54, 1.807) is 17.6 Å². The lowest BCUT2D eigenvalue weighted by Gasteiger charge is -2.11. The number of aliphatic carboxylic acids is 1. The van der Waals surface area contributed by atoms with E-state index in [1.165, 1.54) is 23.5 Å². The van der Waals surface area contributed by atoms with Crippen LogP contribution in [0.25, 0.3) is 0 Å². The van der Waals surface area contributed by atoms with Crippen molar-refractivity contribution >= 4 is 17.3 Å². The van der Waals surface area contributed by atoms with Crippen LogP contribution in [0, 0.1) is 11.7 Å². The van der Waals surface area contributed by atoms with Crippen LogP contribution in [0.2, 0.25) is 0 Å². The third kappa shape index (κ3) is 3.37. The number of benzene rings is 1. The summed E-state index contributed by atoms with van der Waals surface area (Å²) in [7, 11) is 0. The van der Waals surface area contributed by atoms with Crippen molar-refractivity contribution in [3.8, 4) is 0 Å². The van der Waals surface area contributed by atoms with Gasteiger partial charge in [-0.1, -0.05) is 12.1 Å². The Bertz CT molecular complexity index is 528. The molecule has 2 rings (SSSR count). The Balaban J connectivity index is 2.09. The quantitative estimate of drug-likeness (QED) is 0.904. The number of rotatable bonds is 5. The highest BCUT2D eigenvalue weighted by Gasteiger charge is 2.19. The molecule has 1 heterocycles. The third-order valence-electron chi connectivity index (χ3n) is 2.66. The molecule has 1 atom stereocenters. The van der Waals surface area contributed by atoms with Crippen molar-refractivity contribution in [2.75, 3.05) is 0 Å². The second-order valence-electron chi connectivity index (χ2n) is 4.05. The second kappa shape index (κ2) is 5.73. The van der Waals surface area contributed by atoms with Gasteiger partial charge in [0.1, 0.15) is 5.82 Å². The zero-order valence-electron chi connectivity index (χ0n) is 9.54. The zero-order chi connectivity index (χ0) is 13.0. The lowest BCUT2D eigenvalue weighted by atomic mass is 9.95. The molecule has 0 aliphatic rings. The molecule has 94 valence electrons. The topological polar surface area (TPSA) is 50.2 Å². The van der Waals surface area contributed by atoms with Crippen LogP contribution in [-0.4, -0.2) is 16.1 Å². The maximum Gasteiger partial charge on any atom is 0.307 e. The van der Waals surface area contributed by atoms with Crippen LogP contribution >= 0.6 is 11.3 Å². The zero-order valence-corrected chi connectivity index (χ0v) is 10.4. The molecule has 2 aromatic rings. The molecule has 0 aliphatic carbocycles. The van der Waals surface area contributed by atoms with Gasteiger partial charge >= 0.3 is 5.97 Å². The van der Waals surface area contributed by atoms with Crippen LogP contribution in [0.5, 0.6) is 0 Å². The Morgan fingerprint density at radius 2 is 2.28 bits per heavy atom. The number of aromatic nitrogens is 1. The van der Waals surface area contributed by atoms with Crippen LogP contribution in [0.4, 0.5) is 4.39 Å². The van der Waals surface area contributed by atoms with Gasteiger partial charge in [0.25, 0.3) is 0 Å². The largest absolute Gasteiger partial charge is 0.481 e. The lowest BCUT2D eigenvalue weighted by molar-refractivity contribution is -0.141. The summed E-state index contributed by atoms with van der Waals surface area (Å²) in [6, 6.07) is 6.04. The summed E-state index contributed by atoms with van der Waals surface area (Å²) in [5.74, 6) is -1.80. The summed E-state index contributed by atoms with van der Waals surface area (Å²) in [6.45, 7) is 0. The first kappa shape index (κ1) is 12.7. The van der Waals surface area contributed by atoms with E-state index in [0.29, 0.717) is 18.4 Å². The number of hydrogen-bond acceptors (Lipinski definition) is 3. The smallest absolute Gasteiger partial charge is 0.307 e. The van der Waals surface area contributed by atoms with Gasteiger partial charge in [0.2, 0.25) is 0 Å². The Labute approximate surface area is 108 Å². The maximum atomic E-state index is 13.0. The van der Waals surface area contributed by atoms with Crippen molar-refractivity contribution in [1.82, 2.24) is 4.98 Å². The SMILES string of the molecule is O=C(O)C(Cc1cccc(F)c1)Cc1cscn1. The minimum absolute atomic E-state index is 0.310. The summed E-state index contributed by atoms with van der Waals surface area (Å²) in [5.41, 5.74) is 3.14. The van der Waals surface area contributed by atoms with E-state index in [0.717, 1.165) is 5.69 Å². The van der Waals surface area contributed by atoms with Crippen LogP contribution in [0.15, 0.2) is 35.2 Å². The fourth-order valence-electron chi connectivity index (χ4n) is 1.79. The molecule has 0 fully saturated rings. The average molecular weight is 265 g/mol. The highest BCUT2D eigenvalue weighted by Crippen LogP contribution is 2.16. The number of carbonyl (C=O) groups is 1. The number of nitrogens with zero attached hydrogens (tertiary/aromatic N) is 1. The second-order valence-corrected chi connectivity index (χ2v) is 4.77. The molecule has 0 bridgehead atoms. The highest BCUT2D eigenvalue weighted by molar-refractivity contribution is 7.07. The number of hydrogen-bond donors (Lipinski definition) is 1. The molecule has 0 saturated carbocycles. The number of carboxylic acids is 1. The van der Waals surface area contributed by atoms with E-state index >= 15 is 0 Å². The van der Waals surface area contributed by atoms with E-state index in [4.69, 9.17) is 0 Å². The van der Waals surface area contributed by atoms with Gasteiger partial charge < -0.3 is 5.11 Å². The van der Waals surface area contributed by atoms with E-state index in [9.17, 15) is 14.3 Å². The molecule has 0 radical (unpaired) electrons. The standard InChI is InChI=1S/C13H12FNO2S/c14-11-3-1-2-9(5-11)4-10(13(16)17)6-12-7-18-8-15-12/h1-3,5,7-8,10H,4,6H2,(H,16,17). The normalized spacial score (nSPS) is 12.3. The number of halogens is 1. The predicted octanol–water partition coefficient (Wildman–Crippen LogP) is 2.77. The van der Waals surface area contributed by atoms with Crippen molar-refractivity contribution in [3.63, 3.8) is 0 Å². The molecule has 1 aromatic heterocycles. The van der Waals surface area contributed by atoms with Gasteiger partial charge in [-0.25, -0.2) is 9.37 Å². The minimum atomic E-state index is -0.882. The van der Waals surface area contributed by atoms with E-state index < -0.39 is 11.9 Å². The number of carboxylic acid groups (broad SMARTS) is 1. The van der Waals surface area contributed by atoms with Crippen LogP contribution < -0.4 is 0 Å². The van der Waals surface area contributed by atoms with Crippen molar-refractivity contribution < 1.29 is 14.3 Å². The Morgan fingerprint density at radius 3 is 2.89 bits per heavy atom. The van der Waals surface area contributed by atoms with Crippen LogP contribution in [-0.2, 0) is 17.6 Å². The molecule has 1 aromatic carbocycles. The third-order valence-corrected chi connectivity index (χ3v) is 3.29. The molecule has 0 aliphatic heterocycles. The predicted molar refractivity (Wildman–Crippen MR) is 67.0 cm³/mol. The molecule has 0 amide bonds. The van der Waals surface area contributed by atoms with E-state index in [2.05, 4.69) is 4.98 Å². The monoisotopic (exact) mass is 265 g/mol. The summed E-state index contributed by atoms with van der Waals surface area (Å²) < 4.78 is 13.0. The van der Waals surface area contributed by atoms with Crippen LogP contribution in [0.1, 0.15) is 11.3 Å². The summed E-state index contributed by atoms with van der Waals surface area (Å²) in [5, 5.41) is 11.0. The van der Waals surface area contributed by atoms with Crippen molar-refractivity contribution in [2.24, 2.45) is 5.92 Å². The lowest BCUT2D eigenvalue weighted by Crippen LogP contribution is -2.19. The molecule has 0 spiro atoms. The van der Waals surface area contributed by atoms with Gasteiger partial charge in [0.05, 0.1) is 17.1 Å². The number of thiazole rings is 1. The first-order valence-electron chi connectivity index (χ1n) is 5.49. The van der Waals surface area contributed by atoms with Gasteiger partial charge in [-0.2, -0.15) is 0 Å². The van der Waals surface area contributed by atoms with Crippen molar-refractivity contribution in [1.29, 1.82) is 0 Å². The summed E-state index contributed by atoms with van der Waals surface area (Å²) in [6.07, 6.45) is 0.681. The van der Waals surface area contributed by atoms with Gasteiger partial charge in [-0.15, -0.1) is 11.3 Å². The molecular formula is C13H12FNO2S. The first-order valence-corrected chi connectivity index (χ1v) is 6.44. The molecular weight excluding hydrogens is 253 g/mol. The Kier molecular flexibility index (Phi) is 4.04. The van der Waals surface area contributed by atoms with Gasteiger partial charge in [-0.05, 0) is 24.1 Å². The fourth-order valence-corrected chi connectivity index (χ4v) is 2.36. The molecule has 1 unspecified atom stereocenters. The van der Waals surface area contributed by atoms with E-state index in [1.807, 2.05) is 5.38 Å². The van der Waals surface area contributed by atoms with Gasteiger partial charge in [-0.3, -0.25) is 4.79 Å². The summed E-state index contributed by atoms with van der Waals surface area (Å²) >= 11 is 1.44. The fraction of sp³-hybridized carbons (Fsp3) is 0.231. The Morgan fingerprint density at radius 1 is 1.44 bits per heavy atom. The molecule has 0 saturated heterocycles. The minimum Gasteiger partial charge on any atom is -0.481 e. The molecule has 18 heavy (non-hydrogen) atoms. The average Bonchev–Trinajstić information content (AvgIpc) is 2.81. The molecule has 5 heteroatoms. The van der Waals surface area contributed by atoms with Crippen molar-refractivity contribution in [3.05, 3.63) is 52.2 Å².